The van der Waals surface area contributed by atoms with Crippen LogP contribution < -0.4 is 0 Å². The van der Waals surface area contributed by atoms with Gasteiger partial charge in [-0.05, 0) is 24.1 Å². The molecule has 0 aliphatic carbocycles. The standard InChI is InChI=1S/C21H26N2S.BrH/c1-2-3-4-5-11-16-23-20-15-10-9-14-19(20)22-21(23)24-17-18-12-7-6-8-13-18;/h6-10,12-15H,2-5,11,16-17H2,1H3;1H. The van der Waals surface area contributed by atoms with Crippen LogP contribution >= 0.6 is 28.7 Å². The van der Waals surface area contributed by atoms with E-state index >= 15 is 0 Å². The molecule has 2 nitrogen and oxygen atoms in total. The molecule has 3 aromatic rings. The molecule has 0 bridgehead atoms. The zero-order valence-corrected chi connectivity index (χ0v) is 17.4. The van der Waals surface area contributed by atoms with Gasteiger partial charge in [-0.25, -0.2) is 4.98 Å². The number of unbranched alkanes of at least 4 members (excludes halogenated alkanes) is 4. The number of para-hydroxylation sites is 2. The third kappa shape index (κ3) is 5.61. The Kier molecular flexibility index (Phi) is 8.56. The number of rotatable bonds is 9. The minimum atomic E-state index is 0. The van der Waals surface area contributed by atoms with Crippen molar-refractivity contribution in [3.63, 3.8) is 0 Å². The van der Waals surface area contributed by atoms with E-state index in [0.29, 0.717) is 0 Å². The Balaban J connectivity index is 0.00000225. The highest BCUT2D eigenvalue weighted by atomic mass is 79.9. The van der Waals surface area contributed by atoms with E-state index < -0.39 is 0 Å². The summed E-state index contributed by atoms with van der Waals surface area (Å²) in [4.78, 5) is 4.87. The molecule has 0 saturated heterocycles. The molecule has 3 rings (SSSR count). The number of nitrogens with zero attached hydrogens (tertiary/aromatic N) is 2. The molecular weight excluding hydrogens is 392 g/mol. The van der Waals surface area contributed by atoms with Gasteiger partial charge in [0.1, 0.15) is 0 Å². The van der Waals surface area contributed by atoms with Gasteiger partial charge in [-0.1, -0.05) is 86.8 Å². The first kappa shape index (κ1) is 20.1. The number of halogens is 1. The van der Waals surface area contributed by atoms with Crippen LogP contribution in [0.2, 0.25) is 0 Å². The number of fused-ring (bicyclic) bond motifs is 1. The van der Waals surface area contributed by atoms with Gasteiger partial charge < -0.3 is 4.57 Å². The fourth-order valence-corrected chi connectivity index (χ4v) is 3.97. The second-order valence-electron chi connectivity index (χ2n) is 6.22. The van der Waals surface area contributed by atoms with E-state index in [9.17, 15) is 0 Å². The zero-order valence-electron chi connectivity index (χ0n) is 14.9. The van der Waals surface area contributed by atoms with Crippen LogP contribution in [0.25, 0.3) is 11.0 Å². The van der Waals surface area contributed by atoms with Crippen molar-refractivity contribution < 1.29 is 0 Å². The summed E-state index contributed by atoms with van der Waals surface area (Å²) in [6, 6.07) is 19.2. The Hall–Kier alpha value is -1.26. The lowest BCUT2D eigenvalue weighted by Crippen LogP contribution is -2.00. The summed E-state index contributed by atoms with van der Waals surface area (Å²) >= 11 is 1.85. The lowest BCUT2D eigenvalue weighted by atomic mass is 10.1. The van der Waals surface area contributed by atoms with Crippen molar-refractivity contribution in [3.8, 4) is 0 Å². The van der Waals surface area contributed by atoms with Crippen LogP contribution in [0.5, 0.6) is 0 Å². The average Bonchev–Trinajstić information content (AvgIpc) is 2.98. The second kappa shape index (κ2) is 10.7. The van der Waals surface area contributed by atoms with E-state index in [0.717, 1.165) is 23.0 Å². The van der Waals surface area contributed by atoms with Gasteiger partial charge in [-0.2, -0.15) is 0 Å². The predicted octanol–water partition coefficient (Wildman–Crippen LogP) is 6.88. The molecule has 0 spiro atoms. The van der Waals surface area contributed by atoms with Crippen LogP contribution in [0.15, 0.2) is 59.8 Å². The van der Waals surface area contributed by atoms with E-state index in [-0.39, 0.29) is 17.0 Å². The molecule has 0 atom stereocenters. The third-order valence-electron chi connectivity index (χ3n) is 4.32. The number of aryl methyl sites for hydroxylation is 1. The lowest BCUT2D eigenvalue weighted by molar-refractivity contribution is 0.552. The maximum atomic E-state index is 4.87. The van der Waals surface area contributed by atoms with Crippen molar-refractivity contribution >= 4 is 39.8 Å². The number of aromatic nitrogens is 2. The van der Waals surface area contributed by atoms with Crippen molar-refractivity contribution in [3.05, 3.63) is 60.2 Å². The molecule has 4 heteroatoms. The molecule has 1 aromatic heterocycles. The smallest absolute Gasteiger partial charge is 0.169 e. The third-order valence-corrected chi connectivity index (χ3v) is 5.36. The number of hydrogen-bond donors (Lipinski definition) is 0. The molecule has 2 aromatic carbocycles. The molecule has 0 aliphatic rings. The highest BCUT2D eigenvalue weighted by molar-refractivity contribution is 8.93. The van der Waals surface area contributed by atoms with Crippen molar-refractivity contribution in [2.45, 2.75) is 56.5 Å². The molecule has 0 saturated carbocycles. The van der Waals surface area contributed by atoms with E-state index in [2.05, 4.69) is 66.1 Å². The number of thioether (sulfide) groups is 1. The minimum absolute atomic E-state index is 0. The quantitative estimate of drug-likeness (QED) is 0.278. The van der Waals surface area contributed by atoms with E-state index in [1.54, 1.807) is 0 Å². The van der Waals surface area contributed by atoms with E-state index in [1.165, 1.54) is 43.2 Å². The first-order chi connectivity index (χ1) is 11.9. The van der Waals surface area contributed by atoms with Gasteiger partial charge in [0, 0.05) is 12.3 Å². The summed E-state index contributed by atoms with van der Waals surface area (Å²) in [5.41, 5.74) is 3.73. The molecule has 0 aliphatic heterocycles. The summed E-state index contributed by atoms with van der Waals surface area (Å²) in [7, 11) is 0. The van der Waals surface area contributed by atoms with Crippen LogP contribution in [0.3, 0.4) is 0 Å². The van der Waals surface area contributed by atoms with E-state index in [4.69, 9.17) is 4.98 Å². The number of hydrogen-bond acceptors (Lipinski definition) is 2. The largest absolute Gasteiger partial charge is 0.319 e. The first-order valence-corrected chi connectivity index (χ1v) is 9.99. The maximum Gasteiger partial charge on any atom is 0.169 e. The minimum Gasteiger partial charge on any atom is -0.319 e. The highest BCUT2D eigenvalue weighted by Gasteiger charge is 2.10. The summed E-state index contributed by atoms with van der Waals surface area (Å²) in [6.45, 7) is 3.34. The highest BCUT2D eigenvalue weighted by Crippen LogP contribution is 2.27. The molecule has 134 valence electrons. The normalized spacial score (nSPS) is 10.8. The predicted molar refractivity (Wildman–Crippen MR) is 115 cm³/mol. The summed E-state index contributed by atoms with van der Waals surface area (Å²) in [5, 5.41) is 1.15. The van der Waals surface area contributed by atoms with Gasteiger partial charge in [0.15, 0.2) is 5.16 Å². The summed E-state index contributed by atoms with van der Waals surface area (Å²) in [5.74, 6) is 0.972. The van der Waals surface area contributed by atoms with Crippen LogP contribution in [0, 0.1) is 0 Å². The average molecular weight is 419 g/mol. The van der Waals surface area contributed by atoms with Crippen molar-refractivity contribution in [2.24, 2.45) is 0 Å². The molecular formula is C21H27BrN2S. The Morgan fingerprint density at radius 1 is 0.880 bits per heavy atom. The van der Waals surface area contributed by atoms with Gasteiger partial charge in [0.05, 0.1) is 11.0 Å². The van der Waals surface area contributed by atoms with Crippen molar-refractivity contribution in [1.29, 1.82) is 0 Å². The van der Waals surface area contributed by atoms with Crippen LogP contribution in [0.1, 0.15) is 44.6 Å². The Bertz CT molecular complexity index is 755. The van der Waals surface area contributed by atoms with E-state index in [1.807, 2.05) is 11.8 Å². The van der Waals surface area contributed by atoms with Gasteiger partial charge in [0.2, 0.25) is 0 Å². The number of imidazole rings is 1. The van der Waals surface area contributed by atoms with Crippen LogP contribution in [-0.4, -0.2) is 9.55 Å². The lowest BCUT2D eigenvalue weighted by Gasteiger charge is -2.09. The fraction of sp³-hybridized carbons (Fsp3) is 0.381. The fourth-order valence-electron chi connectivity index (χ4n) is 2.98. The molecule has 0 fully saturated rings. The van der Waals surface area contributed by atoms with Crippen molar-refractivity contribution in [2.75, 3.05) is 0 Å². The van der Waals surface area contributed by atoms with Gasteiger partial charge in [-0.15, -0.1) is 17.0 Å². The molecule has 0 radical (unpaired) electrons. The van der Waals surface area contributed by atoms with Crippen molar-refractivity contribution in [1.82, 2.24) is 9.55 Å². The van der Waals surface area contributed by atoms with Gasteiger partial charge in [0.25, 0.3) is 0 Å². The Labute approximate surface area is 165 Å². The first-order valence-electron chi connectivity index (χ1n) is 9.00. The topological polar surface area (TPSA) is 17.8 Å². The molecule has 1 heterocycles. The molecule has 0 N–H and O–H groups in total. The van der Waals surface area contributed by atoms with Gasteiger partial charge >= 0.3 is 0 Å². The summed E-state index contributed by atoms with van der Waals surface area (Å²) < 4.78 is 2.41. The molecule has 25 heavy (non-hydrogen) atoms. The number of benzene rings is 2. The SMILES string of the molecule is Br.CCCCCCCn1c(SCc2ccccc2)nc2ccccc21. The second-order valence-corrected chi connectivity index (χ2v) is 7.17. The molecule has 0 unspecified atom stereocenters. The monoisotopic (exact) mass is 418 g/mol. The molecule has 0 amide bonds. The Morgan fingerprint density at radius 2 is 1.60 bits per heavy atom. The Morgan fingerprint density at radius 3 is 2.40 bits per heavy atom. The van der Waals surface area contributed by atoms with Gasteiger partial charge in [-0.3, -0.25) is 0 Å². The van der Waals surface area contributed by atoms with Crippen LogP contribution in [0.4, 0.5) is 0 Å². The van der Waals surface area contributed by atoms with Crippen LogP contribution in [-0.2, 0) is 12.3 Å². The zero-order chi connectivity index (χ0) is 16.6. The maximum absolute atomic E-state index is 4.87. The summed E-state index contributed by atoms with van der Waals surface area (Å²) in [6.07, 6.45) is 6.53.